The van der Waals surface area contributed by atoms with Crippen LogP contribution in [-0.4, -0.2) is 33.7 Å². The van der Waals surface area contributed by atoms with E-state index in [1.165, 1.54) is 12.3 Å². The Morgan fingerprint density at radius 2 is 2.33 bits per heavy atom. The Morgan fingerprint density at radius 1 is 1.46 bits per heavy atom. The van der Waals surface area contributed by atoms with Gasteiger partial charge in [-0.05, 0) is 30.2 Å². The van der Waals surface area contributed by atoms with Crippen LogP contribution >= 0.6 is 11.6 Å². The number of rotatable bonds is 5. The van der Waals surface area contributed by atoms with E-state index in [0.29, 0.717) is 36.4 Å². The minimum Gasteiger partial charge on any atom is -0.465 e. The van der Waals surface area contributed by atoms with Crippen LogP contribution in [0.25, 0.3) is 6.08 Å². The molecule has 2 aromatic heterocycles. The van der Waals surface area contributed by atoms with E-state index in [1.54, 1.807) is 24.4 Å². The second-order valence-electron chi connectivity index (χ2n) is 5.27. The zero-order valence-corrected chi connectivity index (χ0v) is 13.5. The molecular formula is C16H15ClN4O3. The number of nitro groups is 1. The van der Waals surface area contributed by atoms with Crippen LogP contribution in [-0.2, 0) is 6.54 Å². The van der Waals surface area contributed by atoms with Crippen LogP contribution in [0.1, 0.15) is 17.7 Å². The zero-order valence-electron chi connectivity index (χ0n) is 12.8. The molecule has 0 amide bonds. The maximum absolute atomic E-state index is 11.5. The molecule has 0 bridgehead atoms. The van der Waals surface area contributed by atoms with Crippen LogP contribution in [0.3, 0.4) is 0 Å². The van der Waals surface area contributed by atoms with Gasteiger partial charge in [0.2, 0.25) is 5.84 Å². The summed E-state index contributed by atoms with van der Waals surface area (Å²) in [4.78, 5) is 21.4. The van der Waals surface area contributed by atoms with Gasteiger partial charge in [0.25, 0.3) is 0 Å². The second kappa shape index (κ2) is 7.27. The van der Waals surface area contributed by atoms with Crippen LogP contribution in [0.2, 0.25) is 5.15 Å². The van der Waals surface area contributed by atoms with Gasteiger partial charge >= 0.3 is 5.70 Å². The summed E-state index contributed by atoms with van der Waals surface area (Å²) in [5, 5.41) is 11.9. The SMILES string of the molecule is O=[N+]([O-])C(=Cc1ccco1)C1=NCCCN1Cc1ccc(Cl)nc1. The van der Waals surface area contributed by atoms with Gasteiger partial charge in [0.1, 0.15) is 10.9 Å². The summed E-state index contributed by atoms with van der Waals surface area (Å²) in [6.45, 7) is 1.73. The Hall–Kier alpha value is -2.67. The van der Waals surface area contributed by atoms with E-state index in [4.69, 9.17) is 16.0 Å². The molecule has 8 heteroatoms. The highest BCUT2D eigenvalue weighted by Crippen LogP contribution is 2.18. The summed E-state index contributed by atoms with van der Waals surface area (Å²) in [6, 6.07) is 6.90. The first-order valence-electron chi connectivity index (χ1n) is 7.43. The van der Waals surface area contributed by atoms with Crippen LogP contribution in [0.15, 0.2) is 51.8 Å². The Bertz CT molecular complexity index is 769. The molecule has 0 spiro atoms. The van der Waals surface area contributed by atoms with Crippen molar-refractivity contribution in [2.75, 3.05) is 13.1 Å². The normalized spacial score (nSPS) is 15.3. The standard InChI is InChI=1S/C16H15ClN4O3/c17-15-5-4-12(10-19-15)11-20-7-2-6-18-16(20)14(21(22)23)9-13-3-1-8-24-13/h1,3-5,8-10H,2,6-7,11H2. The number of amidine groups is 1. The molecule has 0 unspecified atom stereocenters. The van der Waals surface area contributed by atoms with Gasteiger partial charge < -0.3 is 9.32 Å². The van der Waals surface area contributed by atoms with Crippen molar-refractivity contribution < 1.29 is 9.34 Å². The smallest absolute Gasteiger partial charge is 0.314 e. The van der Waals surface area contributed by atoms with Crippen LogP contribution in [0.5, 0.6) is 0 Å². The molecule has 24 heavy (non-hydrogen) atoms. The highest BCUT2D eigenvalue weighted by Gasteiger charge is 2.28. The molecule has 124 valence electrons. The fourth-order valence-corrected chi connectivity index (χ4v) is 2.59. The monoisotopic (exact) mass is 346 g/mol. The average molecular weight is 347 g/mol. The molecule has 7 nitrogen and oxygen atoms in total. The number of aliphatic imine (C=N–C) groups is 1. The van der Waals surface area contributed by atoms with Crippen LogP contribution in [0, 0.1) is 10.1 Å². The maximum Gasteiger partial charge on any atom is 0.314 e. The summed E-state index contributed by atoms with van der Waals surface area (Å²) < 4.78 is 5.19. The number of nitrogens with zero attached hydrogens (tertiary/aromatic N) is 4. The third-order valence-corrected chi connectivity index (χ3v) is 3.78. The lowest BCUT2D eigenvalue weighted by Gasteiger charge is -2.27. The lowest BCUT2D eigenvalue weighted by molar-refractivity contribution is -0.414. The molecule has 3 heterocycles. The van der Waals surface area contributed by atoms with Gasteiger partial charge in [0.15, 0.2) is 0 Å². The summed E-state index contributed by atoms with van der Waals surface area (Å²) in [5.41, 5.74) is 0.835. The van der Waals surface area contributed by atoms with Crippen molar-refractivity contribution in [2.24, 2.45) is 4.99 Å². The lowest BCUT2D eigenvalue weighted by atomic mass is 10.2. The number of hydrogen-bond donors (Lipinski definition) is 0. The van der Waals surface area contributed by atoms with Crippen molar-refractivity contribution in [3.8, 4) is 0 Å². The first kappa shape index (κ1) is 16.2. The Labute approximate surface area is 143 Å². The van der Waals surface area contributed by atoms with E-state index in [1.807, 2.05) is 11.0 Å². The van der Waals surface area contributed by atoms with E-state index < -0.39 is 4.92 Å². The quantitative estimate of drug-likeness (QED) is 0.471. The van der Waals surface area contributed by atoms with Crippen molar-refractivity contribution >= 4 is 23.5 Å². The molecule has 3 rings (SSSR count). The Kier molecular flexibility index (Phi) is 4.90. The fraction of sp³-hybridized carbons (Fsp3) is 0.250. The summed E-state index contributed by atoms with van der Waals surface area (Å²) in [6.07, 6.45) is 5.38. The molecule has 0 aliphatic carbocycles. The molecule has 1 aliphatic heterocycles. The van der Waals surface area contributed by atoms with Crippen molar-refractivity contribution in [3.05, 3.63) is 69.0 Å². The van der Waals surface area contributed by atoms with E-state index in [9.17, 15) is 10.1 Å². The first-order valence-corrected chi connectivity index (χ1v) is 7.81. The number of furan rings is 1. The highest BCUT2D eigenvalue weighted by molar-refractivity contribution is 6.29. The van der Waals surface area contributed by atoms with E-state index in [-0.39, 0.29) is 5.70 Å². The molecule has 0 fully saturated rings. The van der Waals surface area contributed by atoms with E-state index >= 15 is 0 Å². The summed E-state index contributed by atoms with van der Waals surface area (Å²) in [5.74, 6) is 0.778. The molecular weight excluding hydrogens is 332 g/mol. The zero-order chi connectivity index (χ0) is 16.9. The average Bonchev–Trinajstić information content (AvgIpc) is 3.08. The van der Waals surface area contributed by atoms with Gasteiger partial charge in [-0.15, -0.1) is 0 Å². The van der Waals surface area contributed by atoms with Crippen LogP contribution in [0.4, 0.5) is 0 Å². The largest absolute Gasteiger partial charge is 0.465 e. The molecule has 1 aliphatic rings. The fourth-order valence-electron chi connectivity index (χ4n) is 2.48. The van der Waals surface area contributed by atoms with Gasteiger partial charge in [-0.25, -0.2) is 4.98 Å². The maximum atomic E-state index is 11.5. The van der Waals surface area contributed by atoms with Gasteiger partial charge in [-0.1, -0.05) is 17.7 Å². The van der Waals surface area contributed by atoms with E-state index in [0.717, 1.165) is 12.0 Å². The number of hydrogen-bond acceptors (Lipinski definition) is 6. The van der Waals surface area contributed by atoms with Crippen molar-refractivity contribution in [1.29, 1.82) is 0 Å². The molecule has 0 saturated heterocycles. The molecule has 0 atom stereocenters. The minimum atomic E-state index is -0.431. The summed E-state index contributed by atoms with van der Waals surface area (Å²) >= 11 is 5.80. The molecule has 0 radical (unpaired) electrons. The van der Waals surface area contributed by atoms with Crippen LogP contribution < -0.4 is 0 Å². The molecule has 0 saturated carbocycles. The lowest BCUT2D eigenvalue weighted by Crippen LogP contribution is -2.38. The van der Waals surface area contributed by atoms with Crippen molar-refractivity contribution in [1.82, 2.24) is 9.88 Å². The Morgan fingerprint density at radius 3 is 3.00 bits per heavy atom. The predicted octanol–water partition coefficient (Wildman–Crippen LogP) is 3.25. The third kappa shape index (κ3) is 3.80. The van der Waals surface area contributed by atoms with Gasteiger partial charge in [0.05, 0.1) is 17.3 Å². The molecule has 2 aromatic rings. The van der Waals surface area contributed by atoms with Crippen molar-refractivity contribution in [2.45, 2.75) is 13.0 Å². The Balaban J connectivity index is 1.88. The number of aromatic nitrogens is 1. The molecule has 0 aromatic carbocycles. The topological polar surface area (TPSA) is 84.8 Å². The second-order valence-corrected chi connectivity index (χ2v) is 5.66. The van der Waals surface area contributed by atoms with Crippen molar-refractivity contribution in [3.63, 3.8) is 0 Å². The molecule has 0 N–H and O–H groups in total. The highest BCUT2D eigenvalue weighted by atomic mass is 35.5. The number of pyridine rings is 1. The first-order chi connectivity index (χ1) is 11.6. The number of halogens is 1. The predicted molar refractivity (Wildman–Crippen MR) is 90.3 cm³/mol. The third-order valence-electron chi connectivity index (χ3n) is 3.56. The summed E-state index contributed by atoms with van der Waals surface area (Å²) in [7, 11) is 0. The van der Waals surface area contributed by atoms with Gasteiger partial charge in [-0.2, -0.15) is 0 Å². The minimum absolute atomic E-state index is 0.0772. The van der Waals surface area contributed by atoms with E-state index in [2.05, 4.69) is 9.98 Å². The van der Waals surface area contributed by atoms with Gasteiger partial charge in [0, 0.05) is 25.8 Å². The van der Waals surface area contributed by atoms with Gasteiger partial charge in [-0.3, -0.25) is 15.1 Å².